The second-order valence-corrected chi connectivity index (χ2v) is 7.54. The van der Waals surface area contributed by atoms with Crippen LogP contribution in [0.3, 0.4) is 0 Å². The second kappa shape index (κ2) is 9.18. The molecule has 0 amide bonds. The van der Waals surface area contributed by atoms with Gasteiger partial charge >= 0.3 is 0 Å². The SMILES string of the molecule is CCCC(=O)c1c(C)cc(C)c([C@H]2CC(=O)C(/C(C)=N\OCC)=C(O)C2)c1C. The maximum absolute atomic E-state index is 12.8. The van der Waals surface area contributed by atoms with Gasteiger partial charge in [0.25, 0.3) is 0 Å². The average Bonchev–Trinajstić information content (AvgIpc) is 2.59. The van der Waals surface area contributed by atoms with Crippen LogP contribution in [0.4, 0.5) is 0 Å². The molecule has 2 rings (SSSR count). The number of allylic oxidation sites excluding steroid dienone is 2. The summed E-state index contributed by atoms with van der Waals surface area (Å²) in [6, 6.07) is 2.02. The Balaban J connectivity index is 2.48. The number of rotatable bonds is 7. The van der Waals surface area contributed by atoms with Gasteiger partial charge in [0.1, 0.15) is 12.4 Å². The lowest BCUT2D eigenvalue weighted by Gasteiger charge is -2.28. The zero-order valence-corrected chi connectivity index (χ0v) is 17.8. The maximum atomic E-state index is 12.8. The molecule has 5 nitrogen and oxygen atoms in total. The zero-order valence-electron chi connectivity index (χ0n) is 17.8. The summed E-state index contributed by atoms with van der Waals surface area (Å²) in [6.07, 6.45) is 1.95. The summed E-state index contributed by atoms with van der Waals surface area (Å²) in [5.41, 5.74) is 5.39. The quantitative estimate of drug-likeness (QED) is 0.394. The van der Waals surface area contributed by atoms with Crippen molar-refractivity contribution in [3.8, 4) is 0 Å². The highest BCUT2D eigenvalue weighted by atomic mass is 16.6. The van der Waals surface area contributed by atoms with Crippen molar-refractivity contribution >= 4 is 17.3 Å². The van der Waals surface area contributed by atoms with Gasteiger partial charge in [-0.25, -0.2) is 0 Å². The molecule has 0 saturated heterocycles. The third kappa shape index (κ3) is 4.34. The Morgan fingerprint density at radius 2 is 1.89 bits per heavy atom. The number of aliphatic hydroxyl groups excluding tert-OH is 1. The van der Waals surface area contributed by atoms with Crippen molar-refractivity contribution < 1.29 is 19.5 Å². The summed E-state index contributed by atoms with van der Waals surface area (Å²) in [5.74, 6) is -0.107. The highest BCUT2D eigenvalue weighted by molar-refractivity contribution is 6.22. The van der Waals surface area contributed by atoms with Crippen LogP contribution in [0.15, 0.2) is 22.6 Å². The molecular formula is C23H31NO4. The summed E-state index contributed by atoms with van der Waals surface area (Å²) in [7, 11) is 0. The highest BCUT2D eigenvalue weighted by Gasteiger charge is 2.33. The molecule has 1 aromatic rings. The standard InChI is InChI=1S/C23H31NO4/c1-7-9-18(25)22-14(4)10-13(3)21(15(22)5)17-11-19(26)23(20(27)12-17)16(6)24-28-8-2/h10,17,26H,7-9,11-12H2,1-6H3/b24-16-/t17-/m1/s1. The molecule has 0 fully saturated rings. The van der Waals surface area contributed by atoms with E-state index in [1.807, 2.05) is 40.7 Å². The Bertz CT molecular complexity index is 849. The van der Waals surface area contributed by atoms with Gasteiger partial charge in [-0.1, -0.05) is 18.1 Å². The molecule has 5 heteroatoms. The molecule has 28 heavy (non-hydrogen) atoms. The third-order valence-electron chi connectivity index (χ3n) is 5.33. The molecule has 0 unspecified atom stereocenters. The normalized spacial score (nSPS) is 17.9. The van der Waals surface area contributed by atoms with Crippen LogP contribution in [-0.4, -0.2) is 29.0 Å². The molecule has 0 heterocycles. The van der Waals surface area contributed by atoms with Crippen LogP contribution in [0.25, 0.3) is 0 Å². The number of carbonyl (C=O) groups is 2. The minimum absolute atomic E-state index is 0.0445. The van der Waals surface area contributed by atoms with E-state index in [2.05, 4.69) is 5.16 Å². The van der Waals surface area contributed by atoms with Crippen LogP contribution in [0.1, 0.15) is 85.0 Å². The minimum Gasteiger partial charge on any atom is -0.511 e. The molecule has 0 spiro atoms. The number of hydrogen-bond donors (Lipinski definition) is 1. The Hall–Kier alpha value is -2.43. The van der Waals surface area contributed by atoms with E-state index in [0.29, 0.717) is 25.2 Å². The molecule has 0 aromatic heterocycles. The van der Waals surface area contributed by atoms with Crippen LogP contribution >= 0.6 is 0 Å². The van der Waals surface area contributed by atoms with E-state index in [9.17, 15) is 14.7 Å². The number of benzene rings is 1. The van der Waals surface area contributed by atoms with Crippen LogP contribution in [0.5, 0.6) is 0 Å². The predicted molar refractivity (Wildman–Crippen MR) is 111 cm³/mol. The van der Waals surface area contributed by atoms with E-state index in [4.69, 9.17) is 4.84 Å². The summed E-state index contributed by atoms with van der Waals surface area (Å²) < 4.78 is 0. The maximum Gasteiger partial charge on any atom is 0.168 e. The molecule has 1 aliphatic rings. The summed E-state index contributed by atoms with van der Waals surface area (Å²) in [4.78, 5) is 30.5. The van der Waals surface area contributed by atoms with Crippen molar-refractivity contribution in [2.75, 3.05) is 6.61 Å². The van der Waals surface area contributed by atoms with Crippen LogP contribution in [-0.2, 0) is 9.63 Å². The molecule has 1 aromatic carbocycles. The number of nitrogens with zero attached hydrogens (tertiary/aromatic N) is 1. The smallest absolute Gasteiger partial charge is 0.168 e. The number of hydrogen-bond acceptors (Lipinski definition) is 5. The molecule has 1 atom stereocenters. The van der Waals surface area contributed by atoms with E-state index in [0.717, 1.165) is 34.2 Å². The first-order valence-corrected chi connectivity index (χ1v) is 9.98. The molecular weight excluding hydrogens is 354 g/mol. The van der Waals surface area contributed by atoms with E-state index in [-0.39, 0.29) is 35.2 Å². The number of aliphatic hydroxyl groups is 1. The van der Waals surface area contributed by atoms with Gasteiger partial charge in [-0.15, -0.1) is 0 Å². The van der Waals surface area contributed by atoms with Gasteiger partial charge in [0.05, 0.1) is 11.3 Å². The van der Waals surface area contributed by atoms with Crippen molar-refractivity contribution in [3.63, 3.8) is 0 Å². The fourth-order valence-electron chi connectivity index (χ4n) is 4.33. The topological polar surface area (TPSA) is 76.0 Å². The lowest BCUT2D eigenvalue weighted by molar-refractivity contribution is -0.116. The number of oxime groups is 1. The average molecular weight is 386 g/mol. The van der Waals surface area contributed by atoms with E-state index < -0.39 is 0 Å². The molecule has 0 radical (unpaired) electrons. The Morgan fingerprint density at radius 1 is 1.21 bits per heavy atom. The molecule has 0 aliphatic heterocycles. The number of ketones is 2. The van der Waals surface area contributed by atoms with Crippen LogP contribution in [0.2, 0.25) is 0 Å². The monoisotopic (exact) mass is 385 g/mol. The van der Waals surface area contributed by atoms with Crippen molar-refractivity contribution in [1.29, 1.82) is 0 Å². The van der Waals surface area contributed by atoms with Crippen LogP contribution in [0, 0.1) is 20.8 Å². The Morgan fingerprint density at radius 3 is 2.46 bits per heavy atom. The van der Waals surface area contributed by atoms with Gasteiger partial charge in [0, 0.05) is 24.8 Å². The number of aryl methyl sites for hydroxylation is 2. The van der Waals surface area contributed by atoms with Gasteiger partial charge in [0.15, 0.2) is 11.6 Å². The first-order valence-electron chi connectivity index (χ1n) is 9.98. The minimum atomic E-state index is -0.148. The number of Topliss-reactive ketones (excluding diaryl/α,β-unsaturated/α-hetero) is 2. The van der Waals surface area contributed by atoms with Crippen LogP contribution < -0.4 is 0 Å². The molecule has 0 bridgehead atoms. The fourth-order valence-corrected chi connectivity index (χ4v) is 4.33. The molecule has 0 saturated carbocycles. The summed E-state index contributed by atoms with van der Waals surface area (Å²) >= 11 is 0. The fraction of sp³-hybridized carbons (Fsp3) is 0.522. The van der Waals surface area contributed by atoms with Gasteiger partial charge in [-0.3, -0.25) is 9.59 Å². The molecule has 1 N–H and O–H groups in total. The first kappa shape index (κ1) is 21.9. The van der Waals surface area contributed by atoms with E-state index in [1.165, 1.54) is 0 Å². The second-order valence-electron chi connectivity index (χ2n) is 7.54. The highest BCUT2D eigenvalue weighted by Crippen LogP contribution is 2.39. The van der Waals surface area contributed by atoms with Gasteiger partial charge in [0.2, 0.25) is 0 Å². The summed E-state index contributed by atoms with van der Waals surface area (Å²) in [5, 5.41) is 14.5. The van der Waals surface area contributed by atoms with Gasteiger partial charge in [-0.2, -0.15) is 0 Å². The van der Waals surface area contributed by atoms with Crippen molar-refractivity contribution in [3.05, 3.63) is 45.2 Å². The molecule has 152 valence electrons. The lowest BCUT2D eigenvalue weighted by atomic mass is 9.76. The van der Waals surface area contributed by atoms with E-state index in [1.54, 1.807) is 6.92 Å². The van der Waals surface area contributed by atoms with Crippen molar-refractivity contribution in [2.45, 2.75) is 73.1 Å². The predicted octanol–water partition coefficient (Wildman–Crippen LogP) is 5.27. The summed E-state index contributed by atoms with van der Waals surface area (Å²) in [6.45, 7) is 11.8. The number of carbonyl (C=O) groups excluding carboxylic acids is 2. The van der Waals surface area contributed by atoms with Gasteiger partial charge in [-0.05, 0) is 69.2 Å². The van der Waals surface area contributed by atoms with Crippen molar-refractivity contribution in [1.82, 2.24) is 0 Å². The van der Waals surface area contributed by atoms with Gasteiger partial charge < -0.3 is 9.94 Å². The Labute approximate surface area is 167 Å². The first-order chi connectivity index (χ1) is 13.2. The van der Waals surface area contributed by atoms with E-state index >= 15 is 0 Å². The van der Waals surface area contributed by atoms with Crippen molar-refractivity contribution in [2.24, 2.45) is 5.16 Å². The molecule has 1 aliphatic carbocycles. The Kier molecular flexibility index (Phi) is 7.17. The lowest BCUT2D eigenvalue weighted by Crippen LogP contribution is -2.24. The third-order valence-corrected chi connectivity index (χ3v) is 5.33. The zero-order chi connectivity index (χ0) is 21.0. The largest absolute Gasteiger partial charge is 0.511 e.